The second kappa shape index (κ2) is 7.68. The minimum atomic E-state index is -0.254. The standard InChI is InChI=1S/C13H19N3O2S/c1-3-7-16(9-12(17)18-4-2)11-6-5-10(8-15-11)13(14)19/h5-6,8H,3-4,7,9H2,1-2H3,(H2,14,19). The molecule has 2 N–H and O–H groups in total. The monoisotopic (exact) mass is 281 g/mol. The average Bonchev–Trinajstić information content (AvgIpc) is 2.38. The van der Waals surface area contributed by atoms with E-state index >= 15 is 0 Å². The number of thiocarbonyl (C=S) groups is 1. The maximum absolute atomic E-state index is 11.5. The molecule has 0 spiro atoms. The Morgan fingerprint density at radius 2 is 2.21 bits per heavy atom. The number of carbonyl (C=O) groups excluding carboxylic acids is 1. The molecule has 6 heteroatoms. The Labute approximate surface area is 118 Å². The highest BCUT2D eigenvalue weighted by molar-refractivity contribution is 7.80. The summed E-state index contributed by atoms with van der Waals surface area (Å²) in [6.45, 7) is 5.14. The first-order chi connectivity index (χ1) is 9.08. The Kier molecular flexibility index (Phi) is 6.21. The number of pyridine rings is 1. The Balaban J connectivity index is 2.80. The van der Waals surface area contributed by atoms with Crippen molar-refractivity contribution < 1.29 is 9.53 Å². The van der Waals surface area contributed by atoms with E-state index < -0.39 is 0 Å². The van der Waals surface area contributed by atoms with Gasteiger partial charge in [-0.15, -0.1) is 0 Å². The molecule has 104 valence electrons. The van der Waals surface area contributed by atoms with Crippen LogP contribution in [0.5, 0.6) is 0 Å². The van der Waals surface area contributed by atoms with Gasteiger partial charge in [-0.2, -0.15) is 0 Å². The van der Waals surface area contributed by atoms with Crippen molar-refractivity contribution in [3.63, 3.8) is 0 Å². The largest absolute Gasteiger partial charge is 0.465 e. The molecule has 0 aromatic carbocycles. The van der Waals surface area contributed by atoms with Crippen LogP contribution in [0.25, 0.3) is 0 Å². The quantitative estimate of drug-likeness (QED) is 0.603. The summed E-state index contributed by atoms with van der Waals surface area (Å²) >= 11 is 4.88. The normalized spacial score (nSPS) is 10.0. The van der Waals surface area contributed by atoms with E-state index in [4.69, 9.17) is 22.7 Å². The number of esters is 1. The molecular formula is C13H19N3O2S. The molecule has 0 aliphatic rings. The second-order valence-electron chi connectivity index (χ2n) is 4.00. The molecule has 0 atom stereocenters. The zero-order valence-electron chi connectivity index (χ0n) is 11.3. The van der Waals surface area contributed by atoms with E-state index in [1.54, 1.807) is 19.2 Å². The van der Waals surface area contributed by atoms with Gasteiger partial charge in [-0.25, -0.2) is 4.98 Å². The number of rotatable bonds is 7. The van der Waals surface area contributed by atoms with E-state index in [0.29, 0.717) is 17.2 Å². The van der Waals surface area contributed by atoms with Crippen LogP contribution in [0.1, 0.15) is 25.8 Å². The molecule has 0 saturated heterocycles. The molecule has 0 amide bonds. The molecule has 1 rings (SSSR count). The molecule has 0 bridgehead atoms. The van der Waals surface area contributed by atoms with E-state index in [1.807, 2.05) is 17.9 Å². The smallest absolute Gasteiger partial charge is 0.325 e. The van der Waals surface area contributed by atoms with E-state index in [2.05, 4.69) is 4.98 Å². The Hall–Kier alpha value is -1.69. The number of carbonyl (C=O) groups is 1. The Bertz CT molecular complexity index is 434. The first-order valence-corrected chi connectivity index (χ1v) is 6.65. The summed E-state index contributed by atoms with van der Waals surface area (Å²) in [5.41, 5.74) is 6.24. The number of nitrogens with two attached hydrogens (primary N) is 1. The number of hydrogen-bond donors (Lipinski definition) is 1. The lowest BCUT2D eigenvalue weighted by atomic mass is 10.2. The number of ether oxygens (including phenoxy) is 1. The van der Waals surface area contributed by atoms with Crippen molar-refractivity contribution in [3.05, 3.63) is 23.9 Å². The number of aromatic nitrogens is 1. The van der Waals surface area contributed by atoms with Crippen LogP contribution in [0.3, 0.4) is 0 Å². The van der Waals surface area contributed by atoms with Gasteiger partial charge < -0.3 is 15.4 Å². The molecule has 0 aliphatic carbocycles. The third-order valence-electron chi connectivity index (χ3n) is 2.48. The van der Waals surface area contributed by atoms with Crippen LogP contribution >= 0.6 is 12.2 Å². The van der Waals surface area contributed by atoms with Crippen molar-refractivity contribution in [1.29, 1.82) is 0 Å². The number of anilines is 1. The highest BCUT2D eigenvalue weighted by Crippen LogP contribution is 2.12. The van der Waals surface area contributed by atoms with Crippen molar-refractivity contribution in [2.24, 2.45) is 5.73 Å². The minimum Gasteiger partial charge on any atom is -0.465 e. The van der Waals surface area contributed by atoms with Gasteiger partial charge in [-0.3, -0.25) is 4.79 Å². The van der Waals surface area contributed by atoms with Crippen LogP contribution < -0.4 is 10.6 Å². The molecule has 5 nitrogen and oxygen atoms in total. The van der Waals surface area contributed by atoms with Crippen molar-refractivity contribution in [3.8, 4) is 0 Å². The van der Waals surface area contributed by atoms with Crippen LogP contribution in [0.15, 0.2) is 18.3 Å². The van der Waals surface area contributed by atoms with Gasteiger partial charge >= 0.3 is 5.97 Å². The number of hydrogen-bond acceptors (Lipinski definition) is 5. The summed E-state index contributed by atoms with van der Waals surface area (Å²) < 4.78 is 4.95. The third kappa shape index (κ3) is 4.82. The topological polar surface area (TPSA) is 68.5 Å². The first-order valence-electron chi connectivity index (χ1n) is 6.24. The van der Waals surface area contributed by atoms with E-state index in [-0.39, 0.29) is 12.5 Å². The summed E-state index contributed by atoms with van der Waals surface area (Å²) in [5.74, 6) is 0.464. The van der Waals surface area contributed by atoms with Crippen LogP contribution in [0.2, 0.25) is 0 Å². The zero-order chi connectivity index (χ0) is 14.3. The van der Waals surface area contributed by atoms with Gasteiger partial charge in [0.1, 0.15) is 17.4 Å². The van der Waals surface area contributed by atoms with Crippen molar-refractivity contribution in [2.45, 2.75) is 20.3 Å². The fourth-order valence-corrected chi connectivity index (χ4v) is 1.75. The van der Waals surface area contributed by atoms with Gasteiger partial charge in [0.25, 0.3) is 0 Å². The van der Waals surface area contributed by atoms with Gasteiger partial charge in [0.05, 0.1) is 6.61 Å². The van der Waals surface area contributed by atoms with Crippen molar-refractivity contribution in [2.75, 3.05) is 24.6 Å². The fourth-order valence-electron chi connectivity index (χ4n) is 1.63. The lowest BCUT2D eigenvalue weighted by molar-refractivity contribution is -0.141. The minimum absolute atomic E-state index is 0.196. The molecule has 19 heavy (non-hydrogen) atoms. The predicted octanol–water partition coefficient (Wildman–Crippen LogP) is 1.50. The molecule has 0 saturated carbocycles. The molecule has 0 aliphatic heterocycles. The van der Waals surface area contributed by atoms with Crippen molar-refractivity contribution in [1.82, 2.24) is 4.98 Å². The maximum atomic E-state index is 11.5. The fraction of sp³-hybridized carbons (Fsp3) is 0.462. The molecule has 0 fully saturated rings. The predicted molar refractivity (Wildman–Crippen MR) is 79.3 cm³/mol. The van der Waals surface area contributed by atoms with Crippen LogP contribution in [-0.2, 0) is 9.53 Å². The van der Waals surface area contributed by atoms with Gasteiger partial charge in [-0.1, -0.05) is 19.1 Å². The summed E-state index contributed by atoms with van der Waals surface area (Å²) in [7, 11) is 0. The van der Waals surface area contributed by atoms with Gasteiger partial charge in [0.15, 0.2) is 0 Å². The van der Waals surface area contributed by atoms with Crippen molar-refractivity contribution >= 4 is 29.0 Å². The van der Waals surface area contributed by atoms with E-state index in [1.165, 1.54) is 0 Å². The highest BCUT2D eigenvalue weighted by Gasteiger charge is 2.12. The summed E-state index contributed by atoms with van der Waals surface area (Å²) in [6.07, 6.45) is 2.53. The molecular weight excluding hydrogens is 262 g/mol. The van der Waals surface area contributed by atoms with Crippen LogP contribution in [0, 0.1) is 0 Å². The SMILES string of the molecule is CCCN(CC(=O)OCC)c1ccc(C(N)=S)cn1. The first kappa shape index (κ1) is 15.4. The summed E-state index contributed by atoms with van der Waals surface area (Å²) in [6, 6.07) is 3.61. The summed E-state index contributed by atoms with van der Waals surface area (Å²) in [4.78, 5) is 18.0. The van der Waals surface area contributed by atoms with Gasteiger partial charge in [-0.05, 0) is 25.5 Å². The lowest BCUT2D eigenvalue weighted by Crippen LogP contribution is -2.32. The van der Waals surface area contributed by atoms with Crippen LogP contribution in [-0.4, -0.2) is 35.6 Å². The zero-order valence-corrected chi connectivity index (χ0v) is 12.1. The molecule has 0 radical (unpaired) electrons. The van der Waals surface area contributed by atoms with Gasteiger partial charge in [0, 0.05) is 18.3 Å². The molecule has 0 unspecified atom stereocenters. The van der Waals surface area contributed by atoms with Crippen LogP contribution in [0.4, 0.5) is 5.82 Å². The lowest BCUT2D eigenvalue weighted by Gasteiger charge is -2.22. The van der Waals surface area contributed by atoms with E-state index in [0.717, 1.165) is 18.8 Å². The third-order valence-corrected chi connectivity index (χ3v) is 2.71. The maximum Gasteiger partial charge on any atom is 0.325 e. The Morgan fingerprint density at radius 1 is 1.47 bits per heavy atom. The highest BCUT2D eigenvalue weighted by atomic mass is 32.1. The number of nitrogens with zero attached hydrogens (tertiary/aromatic N) is 2. The average molecular weight is 281 g/mol. The Morgan fingerprint density at radius 3 is 2.68 bits per heavy atom. The van der Waals surface area contributed by atoms with E-state index in [9.17, 15) is 4.79 Å². The molecule has 1 aromatic rings. The van der Waals surface area contributed by atoms with Gasteiger partial charge in [0.2, 0.25) is 0 Å². The molecule has 1 aromatic heterocycles. The molecule has 1 heterocycles. The second-order valence-corrected chi connectivity index (χ2v) is 4.44. The summed E-state index contributed by atoms with van der Waals surface area (Å²) in [5, 5.41) is 0.